The van der Waals surface area contributed by atoms with E-state index in [0.717, 1.165) is 4.90 Å². The molecular weight excluding hydrogens is 232 g/mol. The largest absolute Gasteiger partial charge is 0.368 e. The second-order valence-electron chi connectivity index (χ2n) is 4.79. The number of rotatable bonds is 5. The summed E-state index contributed by atoms with van der Waals surface area (Å²) in [5.74, 6) is 0.548. The Morgan fingerprint density at radius 1 is 1.35 bits per heavy atom. The number of carbonyl (C=O) groups is 1. The summed E-state index contributed by atoms with van der Waals surface area (Å²) in [4.78, 5) is 12.2. The number of thioether (sulfide) groups is 1. The molecule has 0 saturated heterocycles. The van der Waals surface area contributed by atoms with Crippen molar-refractivity contribution in [3.63, 3.8) is 0 Å². The molecule has 0 aromatic heterocycles. The summed E-state index contributed by atoms with van der Waals surface area (Å²) < 4.78 is 0. The Kier molecular flexibility index (Phi) is 4.60. The lowest BCUT2D eigenvalue weighted by Gasteiger charge is -2.19. The van der Waals surface area contributed by atoms with Crippen LogP contribution >= 0.6 is 11.8 Å². The highest BCUT2D eigenvalue weighted by Gasteiger charge is 2.25. The van der Waals surface area contributed by atoms with Gasteiger partial charge in [-0.1, -0.05) is 26.0 Å². The molecule has 1 unspecified atom stereocenters. The molecule has 17 heavy (non-hydrogen) atoms. The van der Waals surface area contributed by atoms with Gasteiger partial charge in [0.2, 0.25) is 5.91 Å². The van der Waals surface area contributed by atoms with E-state index in [4.69, 9.17) is 11.5 Å². The van der Waals surface area contributed by atoms with Gasteiger partial charge in [-0.25, -0.2) is 0 Å². The van der Waals surface area contributed by atoms with Crippen molar-refractivity contribution < 1.29 is 4.79 Å². The quantitative estimate of drug-likeness (QED) is 0.789. The summed E-state index contributed by atoms with van der Waals surface area (Å²) in [7, 11) is 0. The lowest BCUT2D eigenvalue weighted by atomic mass is 10.0. The van der Waals surface area contributed by atoms with Gasteiger partial charge in [-0.2, -0.15) is 0 Å². The van der Waals surface area contributed by atoms with E-state index in [9.17, 15) is 4.79 Å². The average molecular weight is 252 g/mol. The van der Waals surface area contributed by atoms with Gasteiger partial charge < -0.3 is 11.5 Å². The molecule has 0 heterocycles. The molecule has 0 radical (unpaired) electrons. The van der Waals surface area contributed by atoms with Crippen molar-refractivity contribution in [3.05, 3.63) is 29.8 Å². The molecule has 0 aliphatic heterocycles. The third kappa shape index (κ3) is 4.06. The molecule has 0 aliphatic carbocycles. The van der Waals surface area contributed by atoms with Crippen LogP contribution in [-0.4, -0.2) is 17.2 Å². The standard InChI is InChI=1S/C13H20N2OS/c1-9(2)10-4-6-11(7-5-10)17-8-13(3,15)12(14)16/h4-7,9H,8,15H2,1-3H3,(H2,14,16). The molecule has 0 fully saturated rings. The Morgan fingerprint density at radius 3 is 2.29 bits per heavy atom. The maximum Gasteiger partial charge on any atom is 0.238 e. The normalized spacial score (nSPS) is 14.6. The fourth-order valence-electron chi connectivity index (χ4n) is 1.25. The maximum atomic E-state index is 11.1. The van der Waals surface area contributed by atoms with Crippen LogP contribution in [-0.2, 0) is 4.79 Å². The minimum Gasteiger partial charge on any atom is -0.368 e. The highest BCUT2D eigenvalue weighted by molar-refractivity contribution is 7.99. The van der Waals surface area contributed by atoms with Crippen molar-refractivity contribution in [3.8, 4) is 0 Å². The molecule has 1 aromatic rings. The van der Waals surface area contributed by atoms with Crippen LogP contribution in [0.1, 0.15) is 32.3 Å². The van der Waals surface area contributed by atoms with Crippen LogP contribution in [0.4, 0.5) is 0 Å². The lowest BCUT2D eigenvalue weighted by Crippen LogP contribution is -2.51. The van der Waals surface area contributed by atoms with Gasteiger partial charge in [0, 0.05) is 10.6 Å². The first-order valence-corrected chi connectivity index (χ1v) is 6.63. The maximum absolute atomic E-state index is 11.1. The van der Waals surface area contributed by atoms with Gasteiger partial charge >= 0.3 is 0 Å². The molecule has 4 N–H and O–H groups in total. The monoisotopic (exact) mass is 252 g/mol. The minimum absolute atomic E-state index is 0.469. The van der Waals surface area contributed by atoms with E-state index in [-0.39, 0.29) is 0 Å². The Labute approximate surface area is 107 Å². The minimum atomic E-state index is -0.957. The molecule has 1 atom stereocenters. The number of hydrogen-bond acceptors (Lipinski definition) is 3. The summed E-state index contributed by atoms with van der Waals surface area (Å²) in [5.41, 5.74) is 11.4. The molecule has 1 amide bonds. The van der Waals surface area contributed by atoms with Gasteiger partial charge in [-0.15, -0.1) is 11.8 Å². The van der Waals surface area contributed by atoms with Crippen LogP contribution in [0.5, 0.6) is 0 Å². The highest BCUT2D eigenvalue weighted by Crippen LogP contribution is 2.24. The molecular formula is C13H20N2OS. The van der Waals surface area contributed by atoms with E-state index in [1.807, 2.05) is 0 Å². The fraction of sp³-hybridized carbons (Fsp3) is 0.462. The predicted octanol–water partition coefficient (Wildman–Crippen LogP) is 2.10. The van der Waals surface area contributed by atoms with E-state index >= 15 is 0 Å². The lowest BCUT2D eigenvalue weighted by molar-refractivity contribution is -0.121. The third-order valence-electron chi connectivity index (χ3n) is 2.65. The van der Waals surface area contributed by atoms with Crippen LogP contribution in [0.25, 0.3) is 0 Å². The van der Waals surface area contributed by atoms with Gasteiger partial charge in [0.15, 0.2) is 0 Å². The van der Waals surface area contributed by atoms with Crippen molar-refractivity contribution in [1.82, 2.24) is 0 Å². The number of benzene rings is 1. The summed E-state index contributed by atoms with van der Waals surface area (Å²) in [5, 5.41) is 0. The first-order valence-electron chi connectivity index (χ1n) is 5.64. The first kappa shape index (κ1) is 14.1. The van der Waals surface area contributed by atoms with Crippen molar-refractivity contribution >= 4 is 17.7 Å². The topological polar surface area (TPSA) is 69.1 Å². The van der Waals surface area contributed by atoms with Crippen LogP contribution < -0.4 is 11.5 Å². The second-order valence-corrected chi connectivity index (χ2v) is 5.84. The van der Waals surface area contributed by atoms with Gasteiger partial charge in [0.05, 0.1) is 0 Å². The summed E-state index contributed by atoms with van der Waals surface area (Å²) in [6.45, 7) is 5.98. The molecule has 0 spiro atoms. The Morgan fingerprint density at radius 2 is 1.88 bits per heavy atom. The SMILES string of the molecule is CC(C)c1ccc(SCC(C)(N)C(N)=O)cc1. The van der Waals surface area contributed by atoms with Crippen LogP contribution in [0.2, 0.25) is 0 Å². The zero-order valence-electron chi connectivity index (χ0n) is 10.6. The molecule has 1 aromatic carbocycles. The zero-order valence-corrected chi connectivity index (χ0v) is 11.4. The van der Waals surface area contributed by atoms with Crippen LogP contribution in [0.3, 0.4) is 0 Å². The molecule has 0 saturated carbocycles. The van der Waals surface area contributed by atoms with Gasteiger partial charge in [0.1, 0.15) is 5.54 Å². The Hall–Kier alpha value is -1.00. The number of carbonyl (C=O) groups excluding carboxylic acids is 1. The smallest absolute Gasteiger partial charge is 0.238 e. The summed E-state index contributed by atoms with van der Waals surface area (Å²) >= 11 is 1.55. The Balaban J connectivity index is 2.62. The van der Waals surface area contributed by atoms with Crippen molar-refractivity contribution in [2.45, 2.75) is 37.1 Å². The predicted molar refractivity (Wildman–Crippen MR) is 73.0 cm³/mol. The van der Waals surface area contributed by atoms with E-state index < -0.39 is 11.4 Å². The summed E-state index contributed by atoms with van der Waals surface area (Å²) in [6, 6.07) is 8.31. The van der Waals surface area contributed by atoms with E-state index in [2.05, 4.69) is 38.1 Å². The third-order valence-corrected chi connectivity index (χ3v) is 4.00. The van der Waals surface area contributed by atoms with Crippen molar-refractivity contribution in [1.29, 1.82) is 0 Å². The van der Waals surface area contributed by atoms with Crippen LogP contribution in [0, 0.1) is 0 Å². The molecule has 4 heteroatoms. The molecule has 0 aliphatic rings. The molecule has 0 bridgehead atoms. The first-order chi connectivity index (χ1) is 7.83. The van der Waals surface area contributed by atoms with Gasteiger partial charge in [-0.3, -0.25) is 4.79 Å². The molecule has 94 valence electrons. The highest BCUT2D eigenvalue weighted by atomic mass is 32.2. The van der Waals surface area contributed by atoms with Crippen molar-refractivity contribution in [2.75, 3.05) is 5.75 Å². The van der Waals surface area contributed by atoms with Gasteiger partial charge in [-0.05, 0) is 30.5 Å². The van der Waals surface area contributed by atoms with E-state index in [0.29, 0.717) is 11.7 Å². The summed E-state index contributed by atoms with van der Waals surface area (Å²) in [6.07, 6.45) is 0. The van der Waals surface area contributed by atoms with Gasteiger partial charge in [0.25, 0.3) is 0 Å². The second kappa shape index (κ2) is 5.56. The zero-order chi connectivity index (χ0) is 13.1. The van der Waals surface area contributed by atoms with Crippen LogP contribution in [0.15, 0.2) is 29.2 Å². The average Bonchev–Trinajstić information content (AvgIpc) is 2.27. The number of nitrogens with two attached hydrogens (primary N) is 2. The van der Waals surface area contributed by atoms with E-state index in [1.165, 1.54) is 5.56 Å². The van der Waals surface area contributed by atoms with E-state index in [1.54, 1.807) is 18.7 Å². The fourth-order valence-corrected chi connectivity index (χ4v) is 2.19. The molecule has 3 nitrogen and oxygen atoms in total. The number of primary amides is 1. The number of amides is 1. The van der Waals surface area contributed by atoms with Crippen molar-refractivity contribution in [2.24, 2.45) is 11.5 Å². The Bertz CT molecular complexity index is 385. The molecule has 1 rings (SSSR count). The number of hydrogen-bond donors (Lipinski definition) is 2.